The normalized spacial score (nSPS) is 20.7. The number of piperidine rings is 1. The van der Waals surface area contributed by atoms with Gasteiger partial charge in [0.25, 0.3) is 0 Å². The number of carbonyl (C=O) groups excluding carboxylic acids is 1. The molecule has 0 aromatic carbocycles. The molecular formula is C15H26N2O4. The zero-order chi connectivity index (χ0) is 15.2. The van der Waals surface area contributed by atoms with Crippen molar-refractivity contribution in [2.75, 3.05) is 26.2 Å². The number of carboxylic acid groups (broad SMARTS) is 1. The number of carbonyl (C=O) groups is 2. The molecule has 2 rings (SSSR count). The second-order valence-electron chi connectivity index (χ2n) is 5.90. The van der Waals surface area contributed by atoms with E-state index in [9.17, 15) is 9.59 Å². The van der Waals surface area contributed by atoms with E-state index >= 15 is 0 Å². The summed E-state index contributed by atoms with van der Waals surface area (Å²) in [6.45, 7) is 3.87. The third-order valence-corrected chi connectivity index (χ3v) is 4.51. The van der Waals surface area contributed by atoms with Gasteiger partial charge < -0.3 is 19.6 Å². The summed E-state index contributed by atoms with van der Waals surface area (Å²) in [4.78, 5) is 27.0. The van der Waals surface area contributed by atoms with Gasteiger partial charge in [-0.05, 0) is 32.6 Å². The molecule has 6 heteroatoms. The van der Waals surface area contributed by atoms with Crippen molar-refractivity contribution < 1.29 is 19.4 Å². The summed E-state index contributed by atoms with van der Waals surface area (Å²) in [5, 5.41) is 8.61. The van der Waals surface area contributed by atoms with Gasteiger partial charge in [-0.3, -0.25) is 0 Å². The van der Waals surface area contributed by atoms with Gasteiger partial charge in [0.2, 0.25) is 0 Å². The van der Waals surface area contributed by atoms with Crippen molar-refractivity contribution in [1.82, 2.24) is 9.80 Å². The number of urea groups is 1. The Morgan fingerprint density at radius 1 is 1.19 bits per heavy atom. The minimum atomic E-state index is -0.938. The van der Waals surface area contributed by atoms with E-state index in [2.05, 4.69) is 0 Å². The number of aliphatic carboxylic acids is 1. The maximum atomic E-state index is 12.6. The Bertz CT molecular complexity index is 361. The van der Waals surface area contributed by atoms with Crippen molar-refractivity contribution in [2.45, 2.75) is 57.6 Å². The van der Waals surface area contributed by atoms with Crippen LogP contribution in [0.5, 0.6) is 0 Å². The molecule has 1 heterocycles. The van der Waals surface area contributed by atoms with Gasteiger partial charge in [0, 0.05) is 25.7 Å². The molecule has 2 fully saturated rings. The van der Waals surface area contributed by atoms with Crippen molar-refractivity contribution >= 4 is 12.0 Å². The highest BCUT2D eigenvalue weighted by molar-refractivity contribution is 5.75. The predicted octanol–water partition coefficient (Wildman–Crippen LogP) is 1.94. The summed E-state index contributed by atoms with van der Waals surface area (Å²) in [5.41, 5.74) is 0. The van der Waals surface area contributed by atoms with Crippen LogP contribution in [-0.2, 0) is 9.53 Å². The fourth-order valence-electron chi connectivity index (χ4n) is 3.35. The van der Waals surface area contributed by atoms with Crippen LogP contribution in [-0.4, -0.2) is 65.3 Å². The Balaban J connectivity index is 1.80. The van der Waals surface area contributed by atoms with Gasteiger partial charge in [-0.15, -0.1) is 0 Å². The third-order valence-electron chi connectivity index (χ3n) is 4.51. The Hall–Kier alpha value is -1.30. The number of amides is 2. The second-order valence-corrected chi connectivity index (χ2v) is 5.90. The second kappa shape index (κ2) is 7.64. The van der Waals surface area contributed by atoms with Crippen LogP contribution in [0.25, 0.3) is 0 Å². The maximum Gasteiger partial charge on any atom is 0.329 e. The lowest BCUT2D eigenvalue weighted by atomic mass is 10.1. The standard InChI is InChI=1S/C15H26N2O4/c1-2-17(12-5-3-4-6-12)15(20)16-9-7-13(8-10-16)21-11-14(18)19/h12-13H,2-11H2,1H3,(H,18,19). The van der Waals surface area contributed by atoms with E-state index in [4.69, 9.17) is 9.84 Å². The SMILES string of the molecule is CCN(C(=O)N1CCC(OCC(=O)O)CC1)C1CCCC1. The summed E-state index contributed by atoms with van der Waals surface area (Å²) in [6.07, 6.45) is 6.10. The van der Waals surface area contributed by atoms with E-state index in [0.717, 1.165) is 32.2 Å². The lowest BCUT2D eigenvalue weighted by Gasteiger charge is -2.37. The van der Waals surface area contributed by atoms with E-state index in [1.165, 1.54) is 12.8 Å². The van der Waals surface area contributed by atoms with Crippen LogP contribution in [0.3, 0.4) is 0 Å². The lowest BCUT2D eigenvalue weighted by molar-refractivity contribution is -0.145. The van der Waals surface area contributed by atoms with E-state index in [-0.39, 0.29) is 18.7 Å². The molecule has 0 bridgehead atoms. The van der Waals surface area contributed by atoms with Crippen LogP contribution < -0.4 is 0 Å². The monoisotopic (exact) mass is 298 g/mol. The first-order chi connectivity index (χ1) is 10.1. The molecule has 2 amide bonds. The Morgan fingerprint density at radius 3 is 2.33 bits per heavy atom. The molecule has 1 aliphatic heterocycles. The van der Waals surface area contributed by atoms with Gasteiger partial charge in [-0.25, -0.2) is 9.59 Å². The van der Waals surface area contributed by atoms with Crippen molar-refractivity contribution in [2.24, 2.45) is 0 Å². The first-order valence-electron chi connectivity index (χ1n) is 8.00. The molecular weight excluding hydrogens is 272 g/mol. The number of rotatable bonds is 5. The predicted molar refractivity (Wildman–Crippen MR) is 78.2 cm³/mol. The van der Waals surface area contributed by atoms with Crippen LogP contribution in [0.4, 0.5) is 4.79 Å². The van der Waals surface area contributed by atoms with Crippen LogP contribution >= 0.6 is 0 Å². The topological polar surface area (TPSA) is 70.1 Å². The van der Waals surface area contributed by atoms with E-state index in [1.807, 2.05) is 16.7 Å². The third kappa shape index (κ3) is 4.33. The summed E-state index contributed by atoms with van der Waals surface area (Å²) in [6, 6.07) is 0.546. The number of carboxylic acids is 1. The maximum absolute atomic E-state index is 12.6. The first kappa shape index (κ1) is 16.1. The van der Waals surface area contributed by atoms with E-state index in [1.54, 1.807) is 0 Å². The average molecular weight is 298 g/mol. The molecule has 0 radical (unpaired) electrons. The molecule has 0 spiro atoms. The van der Waals surface area contributed by atoms with Crippen molar-refractivity contribution in [3.63, 3.8) is 0 Å². The summed E-state index contributed by atoms with van der Waals surface area (Å²) >= 11 is 0. The number of nitrogens with zero attached hydrogens (tertiary/aromatic N) is 2. The molecule has 0 aromatic rings. The summed E-state index contributed by atoms with van der Waals surface area (Å²) in [5.74, 6) is -0.938. The minimum absolute atomic E-state index is 0.0355. The highest BCUT2D eigenvalue weighted by atomic mass is 16.5. The van der Waals surface area contributed by atoms with Crippen LogP contribution in [0.1, 0.15) is 45.4 Å². The Labute approximate surface area is 126 Å². The highest BCUT2D eigenvalue weighted by Gasteiger charge is 2.31. The fraction of sp³-hybridized carbons (Fsp3) is 0.867. The Morgan fingerprint density at radius 2 is 1.81 bits per heavy atom. The zero-order valence-corrected chi connectivity index (χ0v) is 12.8. The largest absolute Gasteiger partial charge is 0.480 e. The Kier molecular flexibility index (Phi) is 5.85. The molecule has 120 valence electrons. The van der Waals surface area contributed by atoms with Gasteiger partial charge in [-0.2, -0.15) is 0 Å². The fourth-order valence-corrected chi connectivity index (χ4v) is 3.35. The summed E-state index contributed by atoms with van der Waals surface area (Å²) in [7, 11) is 0. The lowest BCUT2D eigenvalue weighted by Crippen LogP contribution is -2.50. The molecule has 1 saturated carbocycles. The molecule has 0 unspecified atom stereocenters. The van der Waals surface area contributed by atoms with Gasteiger partial charge in [0.1, 0.15) is 6.61 Å². The van der Waals surface area contributed by atoms with Crippen molar-refractivity contribution in [3.8, 4) is 0 Å². The first-order valence-corrected chi connectivity index (χ1v) is 8.00. The highest BCUT2D eigenvalue weighted by Crippen LogP contribution is 2.25. The molecule has 21 heavy (non-hydrogen) atoms. The molecule has 0 atom stereocenters. The van der Waals surface area contributed by atoms with Crippen molar-refractivity contribution in [3.05, 3.63) is 0 Å². The van der Waals surface area contributed by atoms with Crippen LogP contribution in [0, 0.1) is 0 Å². The summed E-state index contributed by atoms with van der Waals surface area (Å²) < 4.78 is 5.31. The smallest absolute Gasteiger partial charge is 0.329 e. The minimum Gasteiger partial charge on any atom is -0.480 e. The molecule has 2 aliphatic rings. The van der Waals surface area contributed by atoms with Gasteiger partial charge >= 0.3 is 12.0 Å². The zero-order valence-electron chi connectivity index (χ0n) is 12.8. The quantitative estimate of drug-likeness (QED) is 0.842. The number of hydrogen-bond donors (Lipinski definition) is 1. The van der Waals surface area contributed by atoms with E-state index in [0.29, 0.717) is 19.1 Å². The van der Waals surface area contributed by atoms with E-state index < -0.39 is 5.97 Å². The van der Waals surface area contributed by atoms with Crippen molar-refractivity contribution in [1.29, 1.82) is 0 Å². The molecule has 0 aromatic heterocycles. The number of hydrogen-bond acceptors (Lipinski definition) is 3. The van der Waals surface area contributed by atoms with Crippen LogP contribution in [0.15, 0.2) is 0 Å². The molecule has 1 saturated heterocycles. The molecule has 6 nitrogen and oxygen atoms in total. The molecule has 1 N–H and O–H groups in total. The number of likely N-dealkylation sites (tertiary alicyclic amines) is 1. The molecule has 1 aliphatic carbocycles. The number of ether oxygens (including phenoxy) is 1. The van der Waals surface area contributed by atoms with Gasteiger partial charge in [0.15, 0.2) is 0 Å². The van der Waals surface area contributed by atoms with Crippen LogP contribution in [0.2, 0.25) is 0 Å². The van der Waals surface area contributed by atoms with Gasteiger partial charge in [0.05, 0.1) is 6.10 Å². The van der Waals surface area contributed by atoms with Gasteiger partial charge in [-0.1, -0.05) is 12.8 Å². The average Bonchev–Trinajstić information content (AvgIpc) is 3.00.